The average Bonchev–Trinajstić information content (AvgIpc) is 3.46. The van der Waals surface area contributed by atoms with Crippen molar-refractivity contribution < 1.29 is 78.9 Å². The third-order valence-electron chi connectivity index (χ3n) is 8.63. The van der Waals surface area contributed by atoms with Crippen molar-refractivity contribution in [3.63, 3.8) is 0 Å². The van der Waals surface area contributed by atoms with Crippen molar-refractivity contribution in [2.75, 3.05) is 19.8 Å². The van der Waals surface area contributed by atoms with Crippen LogP contribution < -0.4 is 0 Å². The van der Waals surface area contributed by atoms with Crippen LogP contribution in [0, 0.1) is 11.8 Å². The number of benzene rings is 1. The van der Waals surface area contributed by atoms with Crippen LogP contribution in [0.3, 0.4) is 0 Å². The lowest BCUT2D eigenvalue weighted by Gasteiger charge is -2.45. The van der Waals surface area contributed by atoms with Crippen LogP contribution in [0.15, 0.2) is 36.1 Å². The number of carboxylic acid groups (broad SMARTS) is 1. The van der Waals surface area contributed by atoms with Gasteiger partial charge in [0.1, 0.15) is 42.9 Å². The Morgan fingerprint density at radius 3 is 2.39 bits per heavy atom. The van der Waals surface area contributed by atoms with Gasteiger partial charge in [-0.2, -0.15) is 0 Å². The molecule has 0 aromatic heterocycles. The van der Waals surface area contributed by atoms with Crippen LogP contribution in [0.1, 0.15) is 30.1 Å². The summed E-state index contributed by atoms with van der Waals surface area (Å²) in [6.45, 7) is -0.526. The molecular weight excluding hydrogens is 592 g/mol. The van der Waals surface area contributed by atoms with Gasteiger partial charge in [0.2, 0.25) is 6.29 Å². The molecule has 16 heteroatoms. The third-order valence-corrected chi connectivity index (χ3v) is 8.63. The number of fused-ring (bicyclic) bond motifs is 1. The highest BCUT2D eigenvalue weighted by molar-refractivity contribution is 5.89. The maximum absolute atomic E-state index is 12.4. The average molecular weight is 629 g/mol. The topological polar surface area (TPSA) is 251 Å². The van der Waals surface area contributed by atoms with E-state index < -0.39 is 104 Å². The number of rotatable bonds is 9. The molecule has 4 aliphatic rings. The van der Waals surface area contributed by atoms with E-state index in [1.165, 1.54) is 31.2 Å². The zero-order chi connectivity index (χ0) is 32.0. The Kier molecular flexibility index (Phi) is 9.21. The fourth-order valence-electron chi connectivity index (χ4n) is 6.06. The summed E-state index contributed by atoms with van der Waals surface area (Å²) in [7, 11) is 0. The minimum Gasteiger partial charge on any atom is -0.508 e. The van der Waals surface area contributed by atoms with Gasteiger partial charge in [-0.1, -0.05) is 0 Å². The largest absolute Gasteiger partial charge is 0.508 e. The molecule has 1 saturated carbocycles. The maximum atomic E-state index is 12.4. The molecule has 0 amide bonds. The molecule has 44 heavy (non-hydrogen) atoms. The van der Waals surface area contributed by atoms with E-state index in [9.17, 15) is 50.4 Å². The molecule has 0 bridgehead atoms. The number of aliphatic hydroxyl groups is 6. The first-order chi connectivity index (χ1) is 20.8. The van der Waals surface area contributed by atoms with Crippen LogP contribution in [0.2, 0.25) is 0 Å². The van der Waals surface area contributed by atoms with Gasteiger partial charge in [-0.25, -0.2) is 9.59 Å². The fraction of sp³-hybridized carbons (Fsp3) is 0.643. The number of aromatic hydroxyl groups is 1. The first kappa shape index (κ1) is 32.5. The summed E-state index contributed by atoms with van der Waals surface area (Å²) in [5.41, 5.74) is -3.55. The number of hydrogen-bond acceptors (Lipinski definition) is 15. The van der Waals surface area contributed by atoms with Gasteiger partial charge in [-0.3, -0.25) is 0 Å². The van der Waals surface area contributed by atoms with E-state index in [-0.39, 0.29) is 23.3 Å². The van der Waals surface area contributed by atoms with Crippen LogP contribution in [-0.2, 0) is 33.2 Å². The lowest BCUT2D eigenvalue weighted by atomic mass is 9.81. The van der Waals surface area contributed by atoms with Crippen molar-refractivity contribution >= 4 is 11.9 Å². The lowest BCUT2D eigenvalue weighted by molar-refractivity contribution is -0.368. The summed E-state index contributed by atoms with van der Waals surface area (Å²) >= 11 is 0. The Labute approximate surface area is 250 Å². The number of aliphatic hydroxyl groups excluding tert-OH is 4. The Morgan fingerprint density at radius 1 is 1.02 bits per heavy atom. The molecule has 3 aliphatic heterocycles. The van der Waals surface area contributed by atoms with E-state index >= 15 is 0 Å². The maximum Gasteiger partial charge on any atom is 0.338 e. The molecule has 2 saturated heterocycles. The number of phenols is 1. The second kappa shape index (κ2) is 12.5. The third kappa shape index (κ3) is 6.15. The van der Waals surface area contributed by atoms with Gasteiger partial charge in [-0.15, -0.1) is 0 Å². The van der Waals surface area contributed by atoms with Crippen LogP contribution in [0.4, 0.5) is 0 Å². The van der Waals surface area contributed by atoms with Crippen molar-refractivity contribution in [2.24, 2.45) is 11.8 Å². The van der Waals surface area contributed by atoms with Crippen molar-refractivity contribution in [1.29, 1.82) is 0 Å². The Hall–Kier alpha value is -2.90. The van der Waals surface area contributed by atoms with Crippen LogP contribution >= 0.6 is 0 Å². The summed E-state index contributed by atoms with van der Waals surface area (Å²) in [6.07, 6.45) is -11.3. The quantitative estimate of drug-likeness (QED) is 0.137. The number of carbonyl (C=O) groups is 2. The van der Waals surface area contributed by atoms with Gasteiger partial charge < -0.3 is 69.3 Å². The molecule has 12 atom stereocenters. The van der Waals surface area contributed by atoms with E-state index in [2.05, 4.69) is 0 Å². The van der Waals surface area contributed by atoms with Crippen LogP contribution in [0.25, 0.3) is 0 Å². The SMILES string of the molecule is C[C@]1(O)CC[C@@H]2C(C(=O)O)=CO[C@@H](O[C@@H]3O[C@H](CO)[C@@H](O)[C@H](O)[C@H]3O[C@@H]3OC[C@](O)(COC(=O)c4ccc(O)cc4)[C@H]3O)[C@@H]21. The summed E-state index contributed by atoms with van der Waals surface area (Å²) in [6, 6.07) is 5.13. The van der Waals surface area contributed by atoms with Gasteiger partial charge >= 0.3 is 11.9 Å². The highest BCUT2D eigenvalue weighted by Gasteiger charge is 2.58. The summed E-state index contributed by atoms with van der Waals surface area (Å²) in [4.78, 5) is 24.1. The highest BCUT2D eigenvalue weighted by Crippen LogP contribution is 2.49. The summed E-state index contributed by atoms with van der Waals surface area (Å²) in [5, 5.41) is 83.1. The molecule has 1 aliphatic carbocycles. The van der Waals surface area contributed by atoms with Crippen LogP contribution in [0.5, 0.6) is 5.75 Å². The summed E-state index contributed by atoms with van der Waals surface area (Å²) < 4.78 is 33.5. The van der Waals surface area contributed by atoms with Gasteiger partial charge in [0, 0.05) is 5.92 Å². The van der Waals surface area contributed by atoms with E-state index in [0.717, 1.165) is 6.26 Å². The molecule has 244 valence electrons. The normalized spacial score (nSPS) is 41.8. The van der Waals surface area contributed by atoms with Crippen molar-refractivity contribution in [3.05, 3.63) is 41.7 Å². The van der Waals surface area contributed by atoms with Crippen molar-refractivity contribution in [2.45, 2.75) is 80.4 Å². The molecule has 5 rings (SSSR count). The Bertz CT molecular complexity index is 1230. The second-order valence-corrected chi connectivity index (χ2v) is 11.7. The smallest absolute Gasteiger partial charge is 0.338 e. The minimum absolute atomic E-state index is 0.0541. The fourth-order valence-corrected chi connectivity index (χ4v) is 6.06. The number of aliphatic carboxylic acids is 1. The molecule has 16 nitrogen and oxygen atoms in total. The molecule has 3 fully saturated rings. The minimum atomic E-state index is -2.15. The number of phenolic OH excluding ortho intramolecular Hbond substituents is 1. The van der Waals surface area contributed by atoms with Gasteiger partial charge in [-0.05, 0) is 44.0 Å². The lowest BCUT2D eigenvalue weighted by Crippen LogP contribution is -2.62. The van der Waals surface area contributed by atoms with Crippen LogP contribution in [-0.4, -0.2) is 133 Å². The van der Waals surface area contributed by atoms with Gasteiger partial charge in [0.25, 0.3) is 0 Å². The van der Waals surface area contributed by atoms with E-state index in [0.29, 0.717) is 6.42 Å². The Morgan fingerprint density at radius 2 is 1.73 bits per heavy atom. The predicted molar refractivity (Wildman–Crippen MR) is 140 cm³/mol. The van der Waals surface area contributed by atoms with Gasteiger partial charge in [0.05, 0.1) is 42.1 Å². The first-order valence-corrected chi connectivity index (χ1v) is 14.0. The molecule has 0 unspecified atom stereocenters. The number of carboxylic acids is 1. The summed E-state index contributed by atoms with van der Waals surface area (Å²) in [5.74, 6) is -3.68. The second-order valence-electron chi connectivity index (χ2n) is 11.7. The molecule has 8 N–H and O–H groups in total. The monoisotopic (exact) mass is 628 g/mol. The number of carbonyl (C=O) groups excluding carboxylic acids is 1. The highest BCUT2D eigenvalue weighted by atomic mass is 16.8. The predicted octanol–water partition coefficient (Wildman–Crippen LogP) is -2.06. The van der Waals surface area contributed by atoms with E-state index in [4.69, 9.17) is 28.4 Å². The molecule has 1 aromatic rings. The van der Waals surface area contributed by atoms with E-state index in [1.807, 2.05) is 0 Å². The molecule has 0 spiro atoms. The zero-order valence-corrected chi connectivity index (χ0v) is 23.5. The van der Waals surface area contributed by atoms with Crippen molar-refractivity contribution in [3.8, 4) is 5.75 Å². The van der Waals surface area contributed by atoms with E-state index in [1.54, 1.807) is 0 Å². The molecule has 1 aromatic carbocycles. The van der Waals surface area contributed by atoms with Crippen molar-refractivity contribution in [1.82, 2.24) is 0 Å². The molecular formula is C28H36O16. The zero-order valence-electron chi connectivity index (χ0n) is 23.5. The number of hydrogen-bond donors (Lipinski definition) is 8. The first-order valence-electron chi connectivity index (χ1n) is 14.0. The number of esters is 1. The Balaban J connectivity index is 1.30. The molecule has 3 heterocycles. The molecule has 0 radical (unpaired) electrons. The van der Waals surface area contributed by atoms with Gasteiger partial charge in [0.15, 0.2) is 18.2 Å². The standard InChI is InChI=1S/C28H36O16/c1-27(37)7-6-14-15(22(34)35)9-39-24(17(14)27)44-25-20(19(32)18(31)16(8-29)42-25)43-26-21(33)28(38,11-41-26)10-40-23(36)12-2-4-13(30)5-3-12/h2-5,9,14,16-21,24-26,29-33,37-38H,6-8,10-11H2,1H3,(H,34,35)/t14-,16-,17-,18-,19+,20-,21+,24+,25+,26+,27+,28-/m1/s1. The number of ether oxygens (including phenoxy) is 6.